The number of sulfonamides is 2. The molecule has 10 heteroatoms. The van der Waals surface area contributed by atoms with E-state index < -0.39 is 32.1 Å². The van der Waals surface area contributed by atoms with Crippen LogP contribution in [-0.2, 0) is 29.6 Å². The second-order valence-corrected chi connectivity index (χ2v) is 12.1. The molecule has 2 aromatic rings. The number of hydrogen-bond donors (Lipinski definition) is 2. The second kappa shape index (κ2) is 12.1. The molecule has 1 unspecified atom stereocenters. The highest BCUT2D eigenvalue weighted by Gasteiger charge is 2.29. The molecule has 0 aromatic heterocycles. The molecule has 0 saturated carbocycles. The zero-order valence-corrected chi connectivity index (χ0v) is 22.9. The molecule has 0 aliphatic rings. The molecule has 0 aliphatic carbocycles. The van der Waals surface area contributed by atoms with Gasteiger partial charge in [0.2, 0.25) is 20.0 Å². The first kappa shape index (κ1) is 29.0. The van der Waals surface area contributed by atoms with Crippen LogP contribution < -0.4 is 9.44 Å². The number of benzene rings is 2. The Bertz CT molecular complexity index is 1230. The first-order valence-electron chi connectivity index (χ1n) is 11.6. The van der Waals surface area contributed by atoms with E-state index in [4.69, 9.17) is 4.74 Å². The number of rotatable bonds is 12. The lowest BCUT2D eigenvalue weighted by Gasteiger charge is -2.21. The van der Waals surface area contributed by atoms with Gasteiger partial charge in [0.15, 0.2) is 0 Å². The third-order valence-electron chi connectivity index (χ3n) is 5.98. The fraction of sp³-hybridized carbons (Fsp3) is 0.480. The van der Waals surface area contributed by atoms with E-state index in [0.29, 0.717) is 24.0 Å². The summed E-state index contributed by atoms with van der Waals surface area (Å²) in [6.45, 7) is 11.0. The molecule has 2 N–H and O–H groups in total. The lowest BCUT2D eigenvalue weighted by Crippen LogP contribution is -2.42. The largest absolute Gasteiger partial charge is 0.465 e. The van der Waals surface area contributed by atoms with E-state index in [1.165, 1.54) is 0 Å². The molecule has 8 nitrogen and oxygen atoms in total. The number of aryl methyl sites for hydroxylation is 3. The van der Waals surface area contributed by atoms with E-state index >= 15 is 0 Å². The zero-order chi connectivity index (χ0) is 26.4. The number of esters is 1. The summed E-state index contributed by atoms with van der Waals surface area (Å²) in [5.41, 5.74) is 3.93. The van der Waals surface area contributed by atoms with Crippen molar-refractivity contribution >= 4 is 26.0 Å². The molecule has 194 valence electrons. The predicted octanol–water partition coefficient (Wildman–Crippen LogP) is 3.59. The van der Waals surface area contributed by atoms with Crippen LogP contribution in [0, 0.1) is 34.6 Å². The van der Waals surface area contributed by atoms with Gasteiger partial charge in [-0.1, -0.05) is 23.8 Å². The summed E-state index contributed by atoms with van der Waals surface area (Å²) in [5, 5.41) is 0. The van der Waals surface area contributed by atoms with Gasteiger partial charge < -0.3 is 4.74 Å². The summed E-state index contributed by atoms with van der Waals surface area (Å²) in [6.07, 6.45) is 1.00. The van der Waals surface area contributed by atoms with Gasteiger partial charge in [0, 0.05) is 6.54 Å². The maximum atomic E-state index is 13.3. The van der Waals surface area contributed by atoms with Gasteiger partial charge in [0.25, 0.3) is 0 Å². The Morgan fingerprint density at radius 1 is 0.886 bits per heavy atom. The number of unbranched alkanes of at least 4 members (excludes halogenated alkanes) is 1. The Morgan fingerprint density at radius 2 is 1.46 bits per heavy atom. The van der Waals surface area contributed by atoms with Crippen LogP contribution in [0.25, 0.3) is 0 Å². The molecule has 35 heavy (non-hydrogen) atoms. The highest BCUT2D eigenvalue weighted by Crippen LogP contribution is 2.26. The van der Waals surface area contributed by atoms with Crippen LogP contribution in [0.4, 0.5) is 0 Å². The molecule has 1 atom stereocenters. The van der Waals surface area contributed by atoms with Crippen molar-refractivity contribution in [2.45, 2.75) is 76.6 Å². The van der Waals surface area contributed by atoms with Gasteiger partial charge in [-0.2, -0.15) is 4.72 Å². The molecule has 0 fully saturated rings. The highest BCUT2D eigenvalue weighted by molar-refractivity contribution is 7.89. The average molecular weight is 525 g/mol. The third kappa shape index (κ3) is 7.60. The van der Waals surface area contributed by atoms with E-state index in [0.717, 1.165) is 16.7 Å². The molecule has 0 amide bonds. The van der Waals surface area contributed by atoms with Crippen LogP contribution in [0.2, 0.25) is 0 Å². The smallest absolute Gasteiger partial charge is 0.324 e. The van der Waals surface area contributed by atoms with Crippen LogP contribution in [0.15, 0.2) is 40.1 Å². The summed E-state index contributed by atoms with van der Waals surface area (Å²) < 4.78 is 61.6. The molecule has 0 radical (unpaired) electrons. The molecule has 0 aliphatic heterocycles. The van der Waals surface area contributed by atoms with Crippen molar-refractivity contribution in [3.63, 3.8) is 0 Å². The van der Waals surface area contributed by atoms with Gasteiger partial charge in [-0.15, -0.1) is 0 Å². The van der Waals surface area contributed by atoms with Crippen molar-refractivity contribution in [1.29, 1.82) is 0 Å². The normalized spacial score (nSPS) is 13.0. The van der Waals surface area contributed by atoms with Crippen molar-refractivity contribution in [2.75, 3.05) is 13.2 Å². The van der Waals surface area contributed by atoms with Crippen LogP contribution in [-0.4, -0.2) is 42.0 Å². The summed E-state index contributed by atoms with van der Waals surface area (Å²) in [5.74, 6) is -0.656. The first-order chi connectivity index (χ1) is 16.3. The minimum atomic E-state index is -4.00. The van der Waals surface area contributed by atoms with E-state index in [2.05, 4.69) is 9.44 Å². The first-order valence-corrected chi connectivity index (χ1v) is 14.6. The van der Waals surface area contributed by atoms with Crippen molar-refractivity contribution in [2.24, 2.45) is 0 Å². The van der Waals surface area contributed by atoms with Crippen LogP contribution >= 0.6 is 0 Å². The molecule has 0 saturated heterocycles. The van der Waals surface area contributed by atoms with E-state index in [9.17, 15) is 21.6 Å². The average Bonchev–Trinajstić information content (AvgIpc) is 2.77. The molecule has 0 bridgehead atoms. The molecule has 0 spiro atoms. The van der Waals surface area contributed by atoms with Crippen molar-refractivity contribution in [3.05, 3.63) is 58.1 Å². The monoisotopic (exact) mass is 524 g/mol. The van der Waals surface area contributed by atoms with Crippen LogP contribution in [0.3, 0.4) is 0 Å². The minimum absolute atomic E-state index is 0.120. The molecular weight excluding hydrogens is 488 g/mol. The molecular formula is C25H36N2O6S2. The summed E-state index contributed by atoms with van der Waals surface area (Å²) in [7, 11) is -7.64. The van der Waals surface area contributed by atoms with Gasteiger partial charge in [-0.25, -0.2) is 21.6 Å². The summed E-state index contributed by atoms with van der Waals surface area (Å²) in [4.78, 5) is 12.9. The van der Waals surface area contributed by atoms with Crippen molar-refractivity contribution < 1.29 is 26.4 Å². The third-order valence-corrected chi connectivity index (χ3v) is 9.20. The number of ether oxygens (including phenoxy) is 1. The lowest BCUT2D eigenvalue weighted by atomic mass is 10.0. The Kier molecular flexibility index (Phi) is 10.0. The standard InChI is InChI=1S/C25H36N2O6S2/c1-7-33-25(28)23(27-35(31,32)24-20(5)18(3)16-19(4)21(24)6)10-8-9-15-26-34(29,30)22-13-11-17(2)12-14-22/h11-14,16,23,26-27H,7-10,15H2,1-6H3. The van der Waals surface area contributed by atoms with Gasteiger partial charge in [-0.05, 0) is 95.2 Å². The molecule has 0 heterocycles. The Labute approximate surface area is 209 Å². The summed E-state index contributed by atoms with van der Waals surface area (Å²) >= 11 is 0. The van der Waals surface area contributed by atoms with Crippen molar-refractivity contribution in [1.82, 2.24) is 9.44 Å². The van der Waals surface area contributed by atoms with Crippen molar-refractivity contribution in [3.8, 4) is 0 Å². The lowest BCUT2D eigenvalue weighted by molar-refractivity contribution is -0.145. The van der Waals surface area contributed by atoms with Crippen LogP contribution in [0.1, 0.15) is 54.0 Å². The topological polar surface area (TPSA) is 119 Å². The Balaban J connectivity index is 2.08. The Hall–Kier alpha value is -2.27. The maximum absolute atomic E-state index is 13.3. The predicted molar refractivity (Wildman–Crippen MR) is 136 cm³/mol. The zero-order valence-electron chi connectivity index (χ0n) is 21.3. The maximum Gasteiger partial charge on any atom is 0.324 e. The quantitative estimate of drug-likeness (QED) is 0.324. The molecule has 2 rings (SSSR count). The van der Waals surface area contributed by atoms with Gasteiger partial charge in [0.05, 0.1) is 16.4 Å². The number of carbonyl (C=O) groups is 1. The second-order valence-electron chi connectivity index (χ2n) is 8.72. The van der Waals surface area contributed by atoms with E-state index in [1.54, 1.807) is 45.0 Å². The number of carbonyl (C=O) groups excluding carboxylic acids is 1. The highest BCUT2D eigenvalue weighted by atomic mass is 32.2. The van der Waals surface area contributed by atoms with Gasteiger partial charge in [0.1, 0.15) is 6.04 Å². The fourth-order valence-corrected chi connectivity index (χ4v) is 6.69. The number of hydrogen-bond acceptors (Lipinski definition) is 6. The van der Waals surface area contributed by atoms with E-state index in [1.807, 2.05) is 26.8 Å². The minimum Gasteiger partial charge on any atom is -0.465 e. The Morgan fingerprint density at radius 3 is 2.00 bits per heavy atom. The van der Waals surface area contributed by atoms with Crippen LogP contribution in [0.5, 0.6) is 0 Å². The molecule has 2 aromatic carbocycles. The fourth-order valence-electron chi connectivity index (χ4n) is 3.78. The SMILES string of the molecule is CCOC(=O)C(CCCCNS(=O)(=O)c1ccc(C)cc1)NS(=O)(=O)c1c(C)c(C)cc(C)c1C. The summed E-state index contributed by atoms with van der Waals surface area (Å²) in [6, 6.07) is 7.39. The van der Waals surface area contributed by atoms with E-state index in [-0.39, 0.29) is 29.4 Å². The van der Waals surface area contributed by atoms with Gasteiger partial charge >= 0.3 is 5.97 Å². The number of nitrogens with one attached hydrogen (secondary N) is 2. The van der Waals surface area contributed by atoms with Gasteiger partial charge in [-0.3, -0.25) is 4.79 Å².